The quantitative estimate of drug-likeness (QED) is 0.448. The van der Waals surface area contributed by atoms with Gasteiger partial charge in [-0.1, -0.05) is 24.3 Å². The Morgan fingerprint density at radius 2 is 1.59 bits per heavy atom. The SMILES string of the molecule is C=CC.CC(=O)Oc1ccccc1.O=C(O)O. The molecule has 0 atom stereocenters. The summed E-state index contributed by atoms with van der Waals surface area (Å²) in [5, 5.41) is 13.9. The van der Waals surface area contributed by atoms with Crippen molar-refractivity contribution in [3.05, 3.63) is 43.0 Å². The van der Waals surface area contributed by atoms with Crippen LogP contribution in [-0.4, -0.2) is 22.3 Å². The number of esters is 1. The molecule has 0 radical (unpaired) electrons. The molecule has 1 aromatic carbocycles. The summed E-state index contributed by atoms with van der Waals surface area (Å²) in [5.74, 6) is 0.307. The van der Waals surface area contributed by atoms with Crippen molar-refractivity contribution in [3.63, 3.8) is 0 Å². The van der Waals surface area contributed by atoms with Gasteiger partial charge in [-0.05, 0) is 19.1 Å². The highest BCUT2D eigenvalue weighted by atomic mass is 16.6. The number of benzene rings is 1. The standard InChI is InChI=1S/C8H8O2.C3H6.CH2O3/c1-7(9)10-8-5-3-2-4-6-8;1-3-2;2-1(3)4/h2-6H,1H3;3H,1H2,2H3;(H2,2,3,4). The largest absolute Gasteiger partial charge is 0.503 e. The van der Waals surface area contributed by atoms with E-state index in [2.05, 4.69) is 6.58 Å². The number of ether oxygens (including phenoxy) is 1. The Bertz CT molecular complexity index is 328. The summed E-state index contributed by atoms with van der Waals surface area (Å²) < 4.78 is 4.78. The van der Waals surface area contributed by atoms with Crippen molar-refractivity contribution in [2.75, 3.05) is 0 Å². The molecule has 17 heavy (non-hydrogen) atoms. The molecule has 0 amide bonds. The van der Waals surface area contributed by atoms with E-state index in [0.717, 1.165) is 0 Å². The predicted molar refractivity (Wildman–Crippen MR) is 64.3 cm³/mol. The van der Waals surface area contributed by atoms with Gasteiger partial charge in [0.05, 0.1) is 0 Å². The zero-order valence-corrected chi connectivity index (χ0v) is 9.79. The van der Waals surface area contributed by atoms with Gasteiger partial charge in [-0.25, -0.2) is 4.79 Å². The van der Waals surface area contributed by atoms with E-state index in [0.29, 0.717) is 5.75 Å². The van der Waals surface area contributed by atoms with Gasteiger partial charge in [-0.3, -0.25) is 4.79 Å². The first-order chi connectivity index (χ1) is 7.93. The summed E-state index contributed by atoms with van der Waals surface area (Å²) in [6, 6.07) is 8.98. The summed E-state index contributed by atoms with van der Waals surface area (Å²) >= 11 is 0. The Labute approximate surface area is 100.0 Å². The Morgan fingerprint density at radius 3 is 1.88 bits per heavy atom. The maximum absolute atomic E-state index is 10.4. The lowest BCUT2D eigenvalue weighted by Gasteiger charge is -1.97. The molecule has 1 rings (SSSR count). The molecule has 0 aromatic heterocycles. The van der Waals surface area contributed by atoms with Crippen LogP contribution in [0, 0.1) is 0 Å². The van der Waals surface area contributed by atoms with Gasteiger partial charge in [0.15, 0.2) is 0 Å². The average Bonchev–Trinajstić information content (AvgIpc) is 2.18. The lowest BCUT2D eigenvalue weighted by atomic mass is 10.3. The number of carboxylic acid groups (broad SMARTS) is 2. The molecule has 5 heteroatoms. The highest BCUT2D eigenvalue weighted by Crippen LogP contribution is 2.07. The molecular weight excluding hydrogens is 224 g/mol. The van der Waals surface area contributed by atoms with Gasteiger partial charge in [-0.15, -0.1) is 6.58 Å². The summed E-state index contributed by atoms with van der Waals surface area (Å²) in [6.45, 7) is 6.63. The van der Waals surface area contributed by atoms with Gasteiger partial charge in [0.1, 0.15) is 5.75 Å². The van der Waals surface area contributed by atoms with Crippen LogP contribution in [0.3, 0.4) is 0 Å². The first-order valence-corrected chi connectivity index (χ1v) is 4.66. The third kappa shape index (κ3) is 19.9. The zero-order chi connectivity index (χ0) is 13.7. The molecule has 0 fully saturated rings. The third-order valence-corrected chi connectivity index (χ3v) is 1.00. The van der Waals surface area contributed by atoms with E-state index >= 15 is 0 Å². The van der Waals surface area contributed by atoms with Crippen molar-refractivity contribution in [3.8, 4) is 5.75 Å². The van der Waals surface area contributed by atoms with Crippen molar-refractivity contribution in [1.82, 2.24) is 0 Å². The van der Waals surface area contributed by atoms with Crippen molar-refractivity contribution in [1.29, 1.82) is 0 Å². The summed E-state index contributed by atoms with van der Waals surface area (Å²) in [6.07, 6.45) is -0.0833. The van der Waals surface area contributed by atoms with Crippen LogP contribution in [0.1, 0.15) is 13.8 Å². The van der Waals surface area contributed by atoms with E-state index in [1.54, 1.807) is 18.2 Å². The van der Waals surface area contributed by atoms with Crippen LogP contribution in [0.4, 0.5) is 4.79 Å². The highest BCUT2D eigenvalue weighted by Gasteiger charge is 1.92. The summed E-state index contributed by atoms with van der Waals surface area (Å²) in [5.41, 5.74) is 0. The fourth-order valence-electron chi connectivity index (χ4n) is 0.655. The summed E-state index contributed by atoms with van der Waals surface area (Å²) in [4.78, 5) is 18.9. The van der Waals surface area contributed by atoms with E-state index < -0.39 is 6.16 Å². The predicted octanol–water partition coefficient (Wildman–Crippen LogP) is 3.03. The molecule has 0 saturated carbocycles. The molecule has 94 valence electrons. The minimum atomic E-state index is -1.83. The molecule has 0 bridgehead atoms. The number of hydrogen-bond acceptors (Lipinski definition) is 3. The molecular formula is C12H16O5. The molecule has 1 aromatic rings. The second-order valence-electron chi connectivity index (χ2n) is 2.60. The number of carbonyl (C=O) groups excluding carboxylic acids is 1. The minimum Gasteiger partial charge on any atom is -0.450 e. The second-order valence-corrected chi connectivity index (χ2v) is 2.60. The van der Waals surface area contributed by atoms with Gasteiger partial charge in [0.2, 0.25) is 0 Å². The normalized spacial score (nSPS) is 7.41. The lowest BCUT2D eigenvalue weighted by Crippen LogP contribution is -2.00. The lowest BCUT2D eigenvalue weighted by molar-refractivity contribution is -0.131. The number of para-hydroxylation sites is 1. The molecule has 0 heterocycles. The van der Waals surface area contributed by atoms with Gasteiger partial charge in [0, 0.05) is 6.92 Å². The fourth-order valence-corrected chi connectivity index (χ4v) is 0.655. The van der Waals surface area contributed by atoms with Crippen LogP contribution < -0.4 is 4.74 Å². The van der Waals surface area contributed by atoms with Gasteiger partial charge in [0.25, 0.3) is 0 Å². The second kappa shape index (κ2) is 11.8. The Balaban J connectivity index is 0. The van der Waals surface area contributed by atoms with Crippen LogP contribution in [0.25, 0.3) is 0 Å². The molecule has 2 N–H and O–H groups in total. The van der Waals surface area contributed by atoms with Crippen LogP contribution in [-0.2, 0) is 4.79 Å². The first-order valence-electron chi connectivity index (χ1n) is 4.66. The van der Waals surface area contributed by atoms with E-state index in [9.17, 15) is 4.79 Å². The highest BCUT2D eigenvalue weighted by molar-refractivity contribution is 5.69. The average molecular weight is 240 g/mol. The fraction of sp³-hybridized carbons (Fsp3) is 0.167. The van der Waals surface area contributed by atoms with Gasteiger partial charge < -0.3 is 14.9 Å². The van der Waals surface area contributed by atoms with E-state index in [1.165, 1.54) is 6.92 Å². The van der Waals surface area contributed by atoms with E-state index in [-0.39, 0.29) is 5.97 Å². The van der Waals surface area contributed by atoms with Crippen molar-refractivity contribution < 1.29 is 24.5 Å². The van der Waals surface area contributed by atoms with Crippen molar-refractivity contribution in [2.24, 2.45) is 0 Å². The molecule has 0 aliphatic heterocycles. The summed E-state index contributed by atoms with van der Waals surface area (Å²) in [7, 11) is 0. The van der Waals surface area contributed by atoms with E-state index in [1.807, 2.05) is 25.1 Å². The van der Waals surface area contributed by atoms with Gasteiger partial charge in [-0.2, -0.15) is 0 Å². The third-order valence-electron chi connectivity index (χ3n) is 1.00. The zero-order valence-electron chi connectivity index (χ0n) is 9.79. The van der Waals surface area contributed by atoms with Crippen molar-refractivity contribution in [2.45, 2.75) is 13.8 Å². The maximum Gasteiger partial charge on any atom is 0.503 e. The molecule has 0 unspecified atom stereocenters. The number of carbonyl (C=O) groups is 2. The van der Waals surface area contributed by atoms with Crippen LogP contribution in [0.5, 0.6) is 5.75 Å². The van der Waals surface area contributed by atoms with Gasteiger partial charge >= 0.3 is 12.1 Å². The van der Waals surface area contributed by atoms with Crippen molar-refractivity contribution >= 4 is 12.1 Å². The Hall–Kier alpha value is -2.30. The number of rotatable bonds is 1. The number of allylic oxidation sites excluding steroid dienone is 1. The molecule has 0 saturated heterocycles. The monoisotopic (exact) mass is 240 g/mol. The molecule has 5 nitrogen and oxygen atoms in total. The number of hydrogen-bond donors (Lipinski definition) is 2. The molecule has 0 aliphatic carbocycles. The minimum absolute atomic E-state index is 0.286. The smallest absolute Gasteiger partial charge is 0.450 e. The molecule has 0 aliphatic rings. The Morgan fingerprint density at radius 1 is 1.24 bits per heavy atom. The molecule has 0 spiro atoms. The van der Waals surface area contributed by atoms with E-state index in [4.69, 9.17) is 19.7 Å². The first kappa shape index (κ1) is 17.1. The maximum atomic E-state index is 10.4. The van der Waals surface area contributed by atoms with Crippen LogP contribution in [0.2, 0.25) is 0 Å². The van der Waals surface area contributed by atoms with Crippen LogP contribution in [0.15, 0.2) is 43.0 Å². The Kier molecular flexibility index (Phi) is 11.8. The van der Waals surface area contributed by atoms with Crippen LogP contribution >= 0.6 is 0 Å². The topological polar surface area (TPSA) is 83.8 Å².